The molecule has 0 saturated carbocycles. The van der Waals surface area contributed by atoms with Gasteiger partial charge in [-0.15, -0.1) is 11.3 Å². The van der Waals surface area contributed by atoms with E-state index in [1.165, 1.54) is 0 Å². The molecular formula is C20H20BrN3OS. The van der Waals surface area contributed by atoms with Gasteiger partial charge in [0.1, 0.15) is 0 Å². The first-order valence-corrected chi connectivity index (χ1v) is 10.2. The predicted octanol–water partition coefficient (Wildman–Crippen LogP) is 5.67. The summed E-state index contributed by atoms with van der Waals surface area (Å²) >= 11 is 5.03. The molecule has 2 aromatic carbocycles. The largest absolute Gasteiger partial charge is 0.349 e. The van der Waals surface area contributed by atoms with Crippen molar-refractivity contribution in [3.05, 3.63) is 63.9 Å². The van der Waals surface area contributed by atoms with Crippen molar-refractivity contribution in [1.29, 1.82) is 0 Å². The summed E-state index contributed by atoms with van der Waals surface area (Å²) in [6, 6.07) is 15.1. The lowest BCUT2D eigenvalue weighted by atomic mass is 10.1. The Labute approximate surface area is 166 Å². The second-order valence-corrected chi connectivity index (χ2v) is 7.48. The van der Waals surface area contributed by atoms with Crippen LogP contribution in [0.2, 0.25) is 0 Å². The number of anilines is 2. The van der Waals surface area contributed by atoms with Gasteiger partial charge in [-0.1, -0.05) is 28.1 Å². The number of nitrogens with zero attached hydrogens (tertiary/aromatic N) is 2. The first kappa shape index (κ1) is 18.6. The van der Waals surface area contributed by atoms with Crippen LogP contribution in [-0.4, -0.2) is 24.0 Å². The fraction of sp³-hybridized carbons (Fsp3) is 0.200. The fourth-order valence-electron chi connectivity index (χ4n) is 2.57. The number of aromatic nitrogens is 1. The number of hydrogen-bond donors (Lipinski definition) is 1. The maximum Gasteiger partial charge on any atom is 0.255 e. The van der Waals surface area contributed by atoms with Crippen molar-refractivity contribution in [1.82, 2.24) is 4.98 Å². The third kappa shape index (κ3) is 4.31. The number of amides is 1. The van der Waals surface area contributed by atoms with Crippen molar-refractivity contribution in [3.8, 4) is 11.3 Å². The molecule has 0 aliphatic rings. The van der Waals surface area contributed by atoms with E-state index in [1.807, 2.05) is 36.4 Å². The van der Waals surface area contributed by atoms with Crippen LogP contribution in [0, 0.1) is 0 Å². The molecule has 0 radical (unpaired) electrons. The molecule has 26 heavy (non-hydrogen) atoms. The Balaban J connectivity index is 1.70. The Kier molecular flexibility index (Phi) is 6.06. The molecule has 0 saturated heterocycles. The van der Waals surface area contributed by atoms with Crippen LogP contribution in [-0.2, 0) is 0 Å². The first-order valence-electron chi connectivity index (χ1n) is 8.48. The molecule has 4 nitrogen and oxygen atoms in total. The Bertz CT molecular complexity index is 871. The summed E-state index contributed by atoms with van der Waals surface area (Å²) in [6.07, 6.45) is 0. The minimum absolute atomic E-state index is 0.122. The highest BCUT2D eigenvalue weighted by Crippen LogP contribution is 2.28. The van der Waals surface area contributed by atoms with Gasteiger partial charge in [-0.05, 0) is 50.2 Å². The molecule has 1 amide bonds. The molecule has 1 heterocycles. The van der Waals surface area contributed by atoms with Gasteiger partial charge in [0.2, 0.25) is 0 Å². The molecule has 134 valence electrons. The van der Waals surface area contributed by atoms with Gasteiger partial charge >= 0.3 is 0 Å². The Morgan fingerprint density at radius 1 is 1.08 bits per heavy atom. The smallest absolute Gasteiger partial charge is 0.255 e. The molecule has 3 aromatic rings. The normalized spacial score (nSPS) is 10.6. The molecule has 0 atom stereocenters. The van der Waals surface area contributed by atoms with E-state index in [0.717, 1.165) is 39.6 Å². The molecular weight excluding hydrogens is 410 g/mol. The van der Waals surface area contributed by atoms with Crippen LogP contribution in [0.5, 0.6) is 0 Å². The van der Waals surface area contributed by atoms with Crippen LogP contribution >= 0.6 is 27.3 Å². The van der Waals surface area contributed by atoms with Crippen LogP contribution in [0.25, 0.3) is 11.3 Å². The Morgan fingerprint density at radius 2 is 1.73 bits per heavy atom. The Hall–Kier alpha value is -2.18. The van der Waals surface area contributed by atoms with E-state index in [0.29, 0.717) is 5.56 Å². The van der Waals surface area contributed by atoms with Crippen molar-refractivity contribution in [2.24, 2.45) is 0 Å². The molecule has 0 spiro atoms. The lowest BCUT2D eigenvalue weighted by Gasteiger charge is -2.16. The fourth-order valence-corrected chi connectivity index (χ4v) is 3.79. The minimum atomic E-state index is -0.122. The van der Waals surface area contributed by atoms with Gasteiger partial charge in [0.15, 0.2) is 5.13 Å². The lowest BCUT2D eigenvalue weighted by molar-refractivity contribution is 0.102. The zero-order chi connectivity index (χ0) is 18.5. The lowest BCUT2D eigenvalue weighted by Crippen LogP contribution is -2.21. The maximum atomic E-state index is 12.3. The predicted molar refractivity (Wildman–Crippen MR) is 113 cm³/mol. The molecule has 3 rings (SSSR count). The highest BCUT2D eigenvalue weighted by atomic mass is 79.9. The van der Waals surface area contributed by atoms with E-state index < -0.39 is 0 Å². The van der Waals surface area contributed by atoms with Crippen molar-refractivity contribution >= 4 is 44.0 Å². The molecule has 0 aliphatic heterocycles. The van der Waals surface area contributed by atoms with Crippen LogP contribution < -0.4 is 10.2 Å². The SMILES string of the molecule is CCN(CC)c1nc(-c2ccc(NC(=O)c3ccc(Br)cc3)cc2)cs1. The number of benzene rings is 2. The van der Waals surface area contributed by atoms with E-state index in [-0.39, 0.29) is 5.91 Å². The van der Waals surface area contributed by atoms with Crippen molar-refractivity contribution in [2.75, 3.05) is 23.3 Å². The maximum absolute atomic E-state index is 12.3. The highest BCUT2D eigenvalue weighted by Gasteiger charge is 2.10. The summed E-state index contributed by atoms with van der Waals surface area (Å²) in [4.78, 5) is 19.2. The van der Waals surface area contributed by atoms with Gasteiger partial charge < -0.3 is 10.2 Å². The summed E-state index contributed by atoms with van der Waals surface area (Å²) in [6.45, 7) is 6.16. The summed E-state index contributed by atoms with van der Waals surface area (Å²) in [5.41, 5.74) is 3.39. The van der Waals surface area contributed by atoms with Gasteiger partial charge in [-0.2, -0.15) is 0 Å². The number of hydrogen-bond acceptors (Lipinski definition) is 4. The zero-order valence-electron chi connectivity index (χ0n) is 14.7. The topological polar surface area (TPSA) is 45.2 Å². The summed E-state index contributed by atoms with van der Waals surface area (Å²) in [5.74, 6) is -0.122. The standard InChI is InChI=1S/C20H20BrN3OS/c1-3-24(4-2)20-23-18(13-26-20)14-7-11-17(12-8-14)22-19(25)15-5-9-16(21)10-6-15/h5-13H,3-4H2,1-2H3,(H,22,25). The van der Waals surface area contributed by atoms with Gasteiger partial charge in [0.25, 0.3) is 5.91 Å². The van der Waals surface area contributed by atoms with Gasteiger partial charge in [-0.3, -0.25) is 4.79 Å². The highest BCUT2D eigenvalue weighted by molar-refractivity contribution is 9.10. The molecule has 1 N–H and O–H groups in total. The molecule has 1 aromatic heterocycles. The van der Waals surface area contributed by atoms with E-state index in [4.69, 9.17) is 4.98 Å². The number of thiazole rings is 1. The number of rotatable bonds is 6. The average molecular weight is 430 g/mol. The van der Waals surface area contributed by atoms with Gasteiger partial charge in [0.05, 0.1) is 5.69 Å². The Morgan fingerprint density at radius 3 is 2.35 bits per heavy atom. The first-order chi connectivity index (χ1) is 12.6. The molecule has 0 fully saturated rings. The van der Waals surface area contributed by atoms with E-state index >= 15 is 0 Å². The van der Waals surface area contributed by atoms with Gasteiger partial charge in [-0.25, -0.2) is 4.98 Å². The molecule has 0 unspecified atom stereocenters. The quantitative estimate of drug-likeness (QED) is 0.548. The minimum Gasteiger partial charge on any atom is -0.349 e. The van der Waals surface area contributed by atoms with Crippen molar-refractivity contribution in [2.45, 2.75) is 13.8 Å². The monoisotopic (exact) mass is 429 g/mol. The van der Waals surface area contributed by atoms with Crippen LogP contribution in [0.3, 0.4) is 0 Å². The molecule has 6 heteroatoms. The number of halogens is 1. The van der Waals surface area contributed by atoms with Crippen molar-refractivity contribution in [3.63, 3.8) is 0 Å². The molecule has 0 bridgehead atoms. The van der Waals surface area contributed by atoms with Crippen LogP contribution in [0.4, 0.5) is 10.8 Å². The number of carbonyl (C=O) groups excluding carboxylic acids is 1. The second-order valence-electron chi connectivity index (χ2n) is 5.73. The number of nitrogens with one attached hydrogen (secondary N) is 1. The van der Waals surface area contributed by atoms with Gasteiger partial charge in [0, 0.05) is 39.8 Å². The zero-order valence-corrected chi connectivity index (χ0v) is 17.1. The summed E-state index contributed by atoms with van der Waals surface area (Å²) in [5, 5.41) is 6.03. The van der Waals surface area contributed by atoms with Crippen LogP contribution in [0.1, 0.15) is 24.2 Å². The number of carbonyl (C=O) groups is 1. The summed E-state index contributed by atoms with van der Waals surface area (Å²) in [7, 11) is 0. The average Bonchev–Trinajstić information content (AvgIpc) is 3.14. The third-order valence-electron chi connectivity index (χ3n) is 4.07. The van der Waals surface area contributed by atoms with E-state index in [2.05, 4.69) is 45.4 Å². The molecule has 0 aliphatic carbocycles. The second kappa shape index (κ2) is 8.47. The van der Waals surface area contributed by atoms with E-state index in [1.54, 1.807) is 23.5 Å². The third-order valence-corrected chi connectivity index (χ3v) is 5.50. The van der Waals surface area contributed by atoms with Crippen molar-refractivity contribution < 1.29 is 4.79 Å². The van der Waals surface area contributed by atoms with Crippen LogP contribution in [0.15, 0.2) is 58.4 Å². The summed E-state index contributed by atoms with van der Waals surface area (Å²) < 4.78 is 0.950. The van der Waals surface area contributed by atoms with E-state index in [9.17, 15) is 4.79 Å².